The van der Waals surface area contributed by atoms with Crippen LogP contribution in [0.25, 0.3) is 0 Å². The molecule has 0 aromatic heterocycles. The standard InChI is InChI=1S/C22H32N4O2S2/c1-4-23-22(24-14-15-29-21-8-6-5-7-9-21)25-16-19-10-12-20(13-11-19)17-30(27,28)26-18(2)3/h5-13,18,26H,4,14-17H2,1-3H3,(H2,23,24,25). The van der Waals surface area contributed by atoms with Crippen molar-refractivity contribution < 1.29 is 8.42 Å². The van der Waals surface area contributed by atoms with Crippen molar-refractivity contribution in [3.8, 4) is 0 Å². The molecule has 0 bridgehead atoms. The molecule has 6 nitrogen and oxygen atoms in total. The van der Waals surface area contributed by atoms with E-state index in [4.69, 9.17) is 0 Å². The molecule has 0 fully saturated rings. The van der Waals surface area contributed by atoms with Gasteiger partial charge in [0.1, 0.15) is 0 Å². The smallest absolute Gasteiger partial charge is 0.216 e. The van der Waals surface area contributed by atoms with Gasteiger partial charge in [-0.1, -0.05) is 42.5 Å². The van der Waals surface area contributed by atoms with Gasteiger partial charge in [-0.3, -0.25) is 0 Å². The van der Waals surface area contributed by atoms with Gasteiger partial charge in [-0.2, -0.15) is 0 Å². The summed E-state index contributed by atoms with van der Waals surface area (Å²) in [5.41, 5.74) is 1.79. The van der Waals surface area contributed by atoms with Crippen LogP contribution in [0.5, 0.6) is 0 Å². The molecule has 0 aliphatic carbocycles. The maximum absolute atomic E-state index is 12.0. The Morgan fingerprint density at radius 3 is 2.30 bits per heavy atom. The second-order valence-electron chi connectivity index (χ2n) is 7.13. The largest absolute Gasteiger partial charge is 0.357 e. The van der Waals surface area contributed by atoms with Crippen molar-refractivity contribution in [2.45, 2.75) is 44.0 Å². The number of rotatable bonds is 11. The molecule has 2 rings (SSSR count). The molecule has 0 spiro atoms. The summed E-state index contributed by atoms with van der Waals surface area (Å²) in [6.07, 6.45) is 0. The molecule has 2 aromatic rings. The van der Waals surface area contributed by atoms with Gasteiger partial charge in [0.15, 0.2) is 5.96 Å². The molecule has 2 aromatic carbocycles. The minimum Gasteiger partial charge on any atom is -0.357 e. The number of hydrogen-bond acceptors (Lipinski definition) is 4. The predicted octanol–water partition coefficient (Wildman–Crippen LogP) is 3.36. The normalized spacial score (nSPS) is 12.2. The number of hydrogen-bond donors (Lipinski definition) is 3. The lowest BCUT2D eigenvalue weighted by Crippen LogP contribution is -2.38. The molecular formula is C22H32N4O2S2. The number of nitrogens with zero attached hydrogens (tertiary/aromatic N) is 1. The van der Waals surface area contributed by atoms with Crippen LogP contribution in [-0.4, -0.2) is 39.3 Å². The summed E-state index contributed by atoms with van der Waals surface area (Å²) in [6.45, 7) is 7.79. The van der Waals surface area contributed by atoms with Crippen molar-refractivity contribution in [3.05, 3.63) is 65.7 Å². The molecule has 0 unspecified atom stereocenters. The highest BCUT2D eigenvalue weighted by Gasteiger charge is 2.12. The highest BCUT2D eigenvalue weighted by Crippen LogP contribution is 2.15. The predicted molar refractivity (Wildman–Crippen MR) is 127 cm³/mol. The lowest BCUT2D eigenvalue weighted by atomic mass is 10.1. The maximum Gasteiger partial charge on any atom is 0.216 e. The van der Waals surface area contributed by atoms with E-state index < -0.39 is 10.0 Å². The lowest BCUT2D eigenvalue weighted by Gasteiger charge is -2.11. The average molecular weight is 449 g/mol. The highest BCUT2D eigenvalue weighted by atomic mass is 32.2. The monoisotopic (exact) mass is 448 g/mol. The number of sulfonamides is 1. The minimum atomic E-state index is -3.31. The third kappa shape index (κ3) is 9.65. The van der Waals surface area contributed by atoms with Crippen LogP contribution >= 0.6 is 11.8 Å². The van der Waals surface area contributed by atoms with Crippen LogP contribution in [0.4, 0.5) is 0 Å². The zero-order valence-corrected chi connectivity index (χ0v) is 19.5. The van der Waals surface area contributed by atoms with E-state index in [0.717, 1.165) is 35.9 Å². The molecule has 0 atom stereocenters. The molecule has 8 heteroatoms. The molecule has 3 N–H and O–H groups in total. The summed E-state index contributed by atoms with van der Waals surface area (Å²) in [7, 11) is -3.31. The fourth-order valence-electron chi connectivity index (χ4n) is 2.73. The van der Waals surface area contributed by atoms with Gasteiger partial charge in [0, 0.05) is 29.8 Å². The van der Waals surface area contributed by atoms with Gasteiger partial charge in [0.2, 0.25) is 10.0 Å². The Hall–Kier alpha value is -2.03. The third-order valence-electron chi connectivity index (χ3n) is 3.97. The van der Waals surface area contributed by atoms with Crippen LogP contribution in [0.1, 0.15) is 31.9 Å². The molecule has 30 heavy (non-hydrogen) atoms. The van der Waals surface area contributed by atoms with Crippen molar-refractivity contribution in [2.75, 3.05) is 18.8 Å². The van der Waals surface area contributed by atoms with E-state index in [2.05, 4.69) is 32.5 Å². The Kier molecular flexibility index (Phi) is 10.2. The van der Waals surface area contributed by atoms with Crippen LogP contribution in [0, 0.1) is 0 Å². The van der Waals surface area contributed by atoms with E-state index >= 15 is 0 Å². The Balaban J connectivity index is 1.84. The molecular weight excluding hydrogens is 416 g/mol. The molecule has 0 amide bonds. The van der Waals surface area contributed by atoms with Gasteiger partial charge >= 0.3 is 0 Å². The molecule has 0 radical (unpaired) electrons. The maximum atomic E-state index is 12.0. The summed E-state index contributed by atoms with van der Waals surface area (Å²) in [4.78, 5) is 5.88. The van der Waals surface area contributed by atoms with E-state index in [-0.39, 0.29) is 11.8 Å². The van der Waals surface area contributed by atoms with Crippen LogP contribution in [-0.2, 0) is 22.3 Å². The Labute approximate surface area is 185 Å². The number of guanidine groups is 1. The zero-order valence-electron chi connectivity index (χ0n) is 17.9. The zero-order chi connectivity index (χ0) is 21.8. The highest BCUT2D eigenvalue weighted by molar-refractivity contribution is 7.99. The first-order valence-electron chi connectivity index (χ1n) is 10.2. The van der Waals surface area contributed by atoms with Crippen molar-refractivity contribution in [1.29, 1.82) is 0 Å². The van der Waals surface area contributed by atoms with Crippen LogP contribution in [0.3, 0.4) is 0 Å². The molecule has 0 aliphatic rings. The summed E-state index contributed by atoms with van der Waals surface area (Å²) in [6, 6.07) is 17.8. The summed E-state index contributed by atoms with van der Waals surface area (Å²) >= 11 is 1.80. The first-order valence-corrected chi connectivity index (χ1v) is 12.8. The lowest BCUT2D eigenvalue weighted by molar-refractivity contribution is 0.569. The third-order valence-corrected chi connectivity index (χ3v) is 6.52. The fraction of sp³-hybridized carbons (Fsp3) is 0.409. The second-order valence-corrected chi connectivity index (χ2v) is 10.1. The summed E-state index contributed by atoms with van der Waals surface area (Å²) in [5.74, 6) is 1.71. The van der Waals surface area contributed by atoms with Gasteiger partial charge in [0.05, 0.1) is 12.3 Å². The van der Waals surface area contributed by atoms with Gasteiger partial charge in [-0.15, -0.1) is 11.8 Å². The van der Waals surface area contributed by atoms with Gasteiger partial charge in [-0.05, 0) is 44.0 Å². The van der Waals surface area contributed by atoms with E-state index in [1.54, 1.807) is 11.8 Å². The Bertz CT molecular complexity index is 883. The van der Waals surface area contributed by atoms with Crippen molar-refractivity contribution in [3.63, 3.8) is 0 Å². The van der Waals surface area contributed by atoms with E-state index in [1.165, 1.54) is 4.90 Å². The molecule has 0 heterocycles. The van der Waals surface area contributed by atoms with Crippen molar-refractivity contribution in [2.24, 2.45) is 4.99 Å². The number of thioether (sulfide) groups is 1. The SMILES string of the molecule is CCNC(=NCc1ccc(CS(=O)(=O)NC(C)C)cc1)NCCSc1ccccc1. The molecule has 0 aliphatic heterocycles. The van der Waals surface area contributed by atoms with Crippen LogP contribution in [0.15, 0.2) is 64.5 Å². The fourth-order valence-corrected chi connectivity index (χ4v) is 4.95. The quantitative estimate of drug-likeness (QED) is 0.213. The van der Waals surface area contributed by atoms with Gasteiger partial charge < -0.3 is 10.6 Å². The minimum absolute atomic E-state index is 0.0159. The number of aliphatic imine (C=N–C) groups is 1. The first-order chi connectivity index (χ1) is 14.4. The summed E-state index contributed by atoms with van der Waals surface area (Å²) < 4.78 is 26.7. The molecule has 0 saturated heterocycles. The van der Waals surface area contributed by atoms with Crippen LogP contribution in [0.2, 0.25) is 0 Å². The van der Waals surface area contributed by atoms with Crippen LogP contribution < -0.4 is 15.4 Å². The topological polar surface area (TPSA) is 82.6 Å². The van der Waals surface area contributed by atoms with Crippen molar-refractivity contribution in [1.82, 2.24) is 15.4 Å². The molecule has 0 saturated carbocycles. The first kappa shape index (κ1) is 24.2. The average Bonchev–Trinajstić information content (AvgIpc) is 2.70. The van der Waals surface area contributed by atoms with E-state index in [0.29, 0.717) is 6.54 Å². The Morgan fingerprint density at radius 1 is 1.00 bits per heavy atom. The number of benzene rings is 2. The second kappa shape index (κ2) is 12.6. The van der Waals surface area contributed by atoms with E-state index in [9.17, 15) is 8.42 Å². The summed E-state index contributed by atoms with van der Waals surface area (Å²) in [5, 5.41) is 6.61. The van der Waals surface area contributed by atoms with Crippen molar-refractivity contribution >= 4 is 27.7 Å². The number of nitrogens with one attached hydrogen (secondary N) is 3. The van der Waals surface area contributed by atoms with E-state index in [1.807, 2.05) is 63.2 Å². The Morgan fingerprint density at radius 2 is 1.67 bits per heavy atom. The van der Waals surface area contributed by atoms with Gasteiger partial charge in [0.25, 0.3) is 0 Å². The van der Waals surface area contributed by atoms with Gasteiger partial charge in [-0.25, -0.2) is 18.1 Å². The molecule has 164 valence electrons.